The van der Waals surface area contributed by atoms with Crippen LogP contribution in [0, 0.1) is 10.1 Å². The molecular formula is C7H7BrN2O2. The predicted molar refractivity (Wildman–Crippen MR) is 48.0 cm³/mol. The zero-order chi connectivity index (χ0) is 9.14. The van der Waals surface area contributed by atoms with Gasteiger partial charge in [0.2, 0.25) is 0 Å². The van der Waals surface area contributed by atoms with Crippen molar-refractivity contribution in [3.05, 3.63) is 32.5 Å². The summed E-state index contributed by atoms with van der Waals surface area (Å²) in [5, 5.41) is 10.5. The zero-order valence-corrected chi connectivity index (χ0v) is 8.04. The Balaban J connectivity index is 3.21. The van der Waals surface area contributed by atoms with Crippen LogP contribution in [0.25, 0.3) is 0 Å². The Kier molecular flexibility index (Phi) is 2.75. The van der Waals surface area contributed by atoms with Crippen molar-refractivity contribution >= 4 is 21.6 Å². The van der Waals surface area contributed by atoms with Gasteiger partial charge in [0.05, 0.1) is 4.92 Å². The molecule has 0 spiro atoms. The predicted octanol–water partition coefficient (Wildman–Crippen LogP) is 2.31. The van der Waals surface area contributed by atoms with Crippen LogP contribution >= 0.6 is 15.9 Å². The standard InChI is InChI=1S/C7H7BrN2O2/c1-2-6-7(10(11)12)3-5(8)4-9-6/h3-4H,2H2,1H3. The topological polar surface area (TPSA) is 56.0 Å². The summed E-state index contributed by atoms with van der Waals surface area (Å²) in [7, 11) is 0. The molecule has 1 aromatic heterocycles. The minimum atomic E-state index is -0.420. The fourth-order valence-corrected chi connectivity index (χ4v) is 1.21. The summed E-state index contributed by atoms with van der Waals surface area (Å²) in [6, 6.07) is 1.46. The highest BCUT2D eigenvalue weighted by atomic mass is 79.9. The van der Waals surface area contributed by atoms with E-state index in [-0.39, 0.29) is 5.69 Å². The van der Waals surface area contributed by atoms with Crippen LogP contribution in [0.5, 0.6) is 0 Å². The molecule has 4 nitrogen and oxygen atoms in total. The number of hydrogen-bond acceptors (Lipinski definition) is 3. The third-order valence-corrected chi connectivity index (χ3v) is 1.88. The molecule has 0 saturated carbocycles. The fraction of sp³-hybridized carbons (Fsp3) is 0.286. The summed E-state index contributed by atoms with van der Waals surface area (Å²) in [5.41, 5.74) is 0.593. The van der Waals surface area contributed by atoms with E-state index < -0.39 is 4.92 Å². The van der Waals surface area contributed by atoms with Crippen molar-refractivity contribution in [1.29, 1.82) is 0 Å². The number of halogens is 1. The zero-order valence-electron chi connectivity index (χ0n) is 6.45. The van der Waals surface area contributed by atoms with Gasteiger partial charge in [-0.1, -0.05) is 6.92 Å². The van der Waals surface area contributed by atoms with Crippen molar-refractivity contribution in [1.82, 2.24) is 4.98 Å². The van der Waals surface area contributed by atoms with E-state index in [0.717, 1.165) is 0 Å². The Hall–Kier alpha value is -0.970. The Morgan fingerprint density at radius 2 is 2.42 bits per heavy atom. The maximum absolute atomic E-state index is 10.5. The van der Waals surface area contributed by atoms with Gasteiger partial charge in [0.25, 0.3) is 5.69 Å². The molecule has 0 bridgehead atoms. The van der Waals surface area contributed by atoms with Crippen molar-refractivity contribution < 1.29 is 4.92 Å². The largest absolute Gasteiger partial charge is 0.291 e. The molecule has 0 aromatic carbocycles. The van der Waals surface area contributed by atoms with E-state index in [4.69, 9.17) is 0 Å². The molecule has 0 fully saturated rings. The summed E-state index contributed by atoms with van der Waals surface area (Å²) in [4.78, 5) is 14.0. The molecule has 0 radical (unpaired) electrons. The first-order valence-corrected chi connectivity index (χ1v) is 4.23. The second kappa shape index (κ2) is 3.62. The molecule has 12 heavy (non-hydrogen) atoms. The van der Waals surface area contributed by atoms with E-state index in [2.05, 4.69) is 20.9 Å². The maximum Gasteiger partial charge on any atom is 0.291 e. The first-order valence-electron chi connectivity index (χ1n) is 3.44. The lowest BCUT2D eigenvalue weighted by Crippen LogP contribution is -1.96. The van der Waals surface area contributed by atoms with Gasteiger partial charge in [0, 0.05) is 16.7 Å². The van der Waals surface area contributed by atoms with Crippen LogP contribution < -0.4 is 0 Å². The van der Waals surface area contributed by atoms with E-state index >= 15 is 0 Å². The summed E-state index contributed by atoms with van der Waals surface area (Å²) in [6.45, 7) is 1.84. The maximum atomic E-state index is 10.5. The van der Waals surface area contributed by atoms with Gasteiger partial charge in [-0.25, -0.2) is 0 Å². The number of aryl methyl sites for hydroxylation is 1. The van der Waals surface area contributed by atoms with Crippen molar-refractivity contribution in [3.8, 4) is 0 Å². The molecule has 0 aliphatic rings. The van der Waals surface area contributed by atoms with Gasteiger partial charge in [-0.3, -0.25) is 15.1 Å². The first-order chi connectivity index (χ1) is 5.65. The van der Waals surface area contributed by atoms with Crippen LogP contribution in [-0.4, -0.2) is 9.91 Å². The van der Waals surface area contributed by atoms with Crippen molar-refractivity contribution in [3.63, 3.8) is 0 Å². The minimum Gasteiger partial charge on any atom is -0.258 e. The third kappa shape index (κ3) is 1.79. The summed E-state index contributed by atoms with van der Waals surface area (Å²) < 4.78 is 0.631. The van der Waals surface area contributed by atoms with Crippen molar-refractivity contribution in [2.45, 2.75) is 13.3 Å². The minimum absolute atomic E-state index is 0.0758. The Labute approximate surface area is 77.9 Å². The highest BCUT2D eigenvalue weighted by Crippen LogP contribution is 2.20. The monoisotopic (exact) mass is 230 g/mol. The Morgan fingerprint density at radius 1 is 1.75 bits per heavy atom. The lowest BCUT2D eigenvalue weighted by atomic mass is 10.2. The van der Waals surface area contributed by atoms with Gasteiger partial charge in [0.15, 0.2) is 0 Å². The summed E-state index contributed by atoms with van der Waals surface area (Å²) in [6.07, 6.45) is 2.13. The summed E-state index contributed by atoms with van der Waals surface area (Å²) >= 11 is 3.13. The van der Waals surface area contributed by atoms with Crippen molar-refractivity contribution in [2.24, 2.45) is 0 Å². The number of hydrogen-bond donors (Lipinski definition) is 0. The highest BCUT2D eigenvalue weighted by Gasteiger charge is 2.13. The van der Waals surface area contributed by atoms with Gasteiger partial charge in [0.1, 0.15) is 5.69 Å². The van der Waals surface area contributed by atoms with Gasteiger partial charge < -0.3 is 0 Å². The summed E-state index contributed by atoms with van der Waals surface area (Å²) in [5.74, 6) is 0. The van der Waals surface area contributed by atoms with E-state index in [1.165, 1.54) is 6.07 Å². The molecule has 1 heterocycles. The molecule has 0 atom stereocenters. The lowest BCUT2D eigenvalue weighted by Gasteiger charge is -1.97. The van der Waals surface area contributed by atoms with Gasteiger partial charge in [-0.15, -0.1) is 0 Å². The average molecular weight is 231 g/mol. The molecule has 0 saturated heterocycles. The molecule has 0 unspecified atom stereocenters. The second-order valence-corrected chi connectivity index (χ2v) is 3.15. The fourth-order valence-electron chi connectivity index (χ4n) is 0.887. The number of pyridine rings is 1. The SMILES string of the molecule is CCc1ncc(Br)cc1[N+](=O)[O-]. The van der Waals surface area contributed by atoms with Crippen LogP contribution in [0.3, 0.4) is 0 Å². The normalized spacial score (nSPS) is 9.83. The third-order valence-electron chi connectivity index (χ3n) is 1.45. The molecule has 5 heteroatoms. The molecule has 0 N–H and O–H groups in total. The van der Waals surface area contributed by atoms with E-state index in [1.807, 2.05) is 6.92 Å². The number of aromatic nitrogens is 1. The van der Waals surface area contributed by atoms with Crippen LogP contribution in [0.15, 0.2) is 16.7 Å². The first kappa shape index (κ1) is 9.12. The van der Waals surface area contributed by atoms with E-state index in [1.54, 1.807) is 6.20 Å². The number of nitrogens with zero attached hydrogens (tertiary/aromatic N) is 2. The van der Waals surface area contributed by atoms with Crippen LogP contribution in [0.4, 0.5) is 5.69 Å². The Morgan fingerprint density at radius 3 is 2.92 bits per heavy atom. The molecule has 1 aromatic rings. The second-order valence-electron chi connectivity index (χ2n) is 2.23. The molecular weight excluding hydrogens is 224 g/mol. The van der Waals surface area contributed by atoms with Crippen molar-refractivity contribution in [2.75, 3.05) is 0 Å². The van der Waals surface area contributed by atoms with Crippen LogP contribution in [-0.2, 0) is 6.42 Å². The average Bonchev–Trinajstić information content (AvgIpc) is 2.04. The molecule has 64 valence electrons. The highest BCUT2D eigenvalue weighted by molar-refractivity contribution is 9.10. The lowest BCUT2D eigenvalue weighted by molar-refractivity contribution is -0.386. The van der Waals surface area contributed by atoms with Gasteiger partial charge >= 0.3 is 0 Å². The molecule has 0 aliphatic heterocycles. The van der Waals surface area contributed by atoms with Crippen LogP contribution in [0.1, 0.15) is 12.6 Å². The van der Waals surface area contributed by atoms with Gasteiger partial charge in [-0.05, 0) is 22.4 Å². The molecule has 0 aliphatic carbocycles. The molecule has 1 rings (SSSR count). The Bertz CT molecular complexity index is 314. The smallest absolute Gasteiger partial charge is 0.258 e. The van der Waals surface area contributed by atoms with E-state index in [9.17, 15) is 10.1 Å². The van der Waals surface area contributed by atoms with E-state index in [0.29, 0.717) is 16.6 Å². The van der Waals surface area contributed by atoms with Crippen LogP contribution in [0.2, 0.25) is 0 Å². The quantitative estimate of drug-likeness (QED) is 0.579. The van der Waals surface area contributed by atoms with Gasteiger partial charge in [-0.2, -0.15) is 0 Å². The number of nitro groups is 1. The number of rotatable bonds is 2. The molecule has 0 amide bonds.